The predicted octanol–water partition coefficient (Wildman–Crippen LogP) is 2.12. The highest BCUT2D eigenvalue weighted by molar-refractivity contribution is 7.21. The number of thiazole rings is 1. The number of pyridine rings is 1. The number of piperidine rings is 1. The maximum Gasteiger partial charge on any atom is 0.223 e. The summed E-state index contributed by atoms with van der Waals surface area (Å²) in [5.74, 6) is 0.368. The second kappa shape index (κ2) is 7.66. The largest absolute Gasteiger partial charge is 0.355 e. The standard InChI is InChI=1S/C18H25N5OS/c24-16(19-8-13-22-9-1-2-10-22)14-5-11-23(12-6-14)18-21-15-4-3-7-20-17(15)25-18/h3-4,7,14H,1-2,5-6,8-13H2,(H,19,24). The Kier molecular flexibility index (Phi) is 5.12. The maximum absolute atomic E-state index is 12.4. The van der Waals surface area contributed by atoms with E-state index in [1.165, 1.54) is 25.9 Å². The first-order chi connectivity index (χ1) is 12.3. The summed E-state index contributed by atoms with van der Waals surface area (Å²) in [6.07, 6.45) is 6.21. The van der Waals surface area contributed by atoms with Crippen LogP contribution in [0, 0.1) is 5.92 Å². The van der Waals surface area contributed by atoms with Crippen molar-refractivity contribution in [3.05, 3.63) is 18.3 Å². The minimum Gasteiger partial charge on any atom is -0.355 e. The van der Waals surface area contributed by atoms with Gasteiger partial charge in [0, 0.05) is 38.3 Å². The lowest BCUT2D eigenvalue weighted by Crippen LogP contribution is -2.42. The molecule has 1 amide bonds. The number of hydrogen-bond acceptors (Lipinski definition) is 6. The van der Waals surface area contributed by atoms with Crippen molar-refractivity contribution in [1.82, 2.24) is 20.2 Å². The molecule has 0 spiro atoms. The Labute approximate surface area is 152 Å². The fraction of sp³-hybridized carbons (Fsp3) is 0.611. The zero-order valence-electron chi connectivity index (χ0n) is 14.5. The van der Waals surface area contributed by atoms with E-state index in [9.17, 15) is 4.79 Å². The van der Waals surface area contributed by atoms with Gasteiger partial charge in [-0.05, 0) is 50.9 Å². The molecule has 2 fully saturated rings. The van der Waals surface area contributed by atoms with Crippen LogP contribution in [0.25, 0.3) is 10.3 Å². The van der Waals surface area contributed by atoms with E-state index >= 15 is 0 Å². The summed E-state index contributed by atoms with van der Waals surface area (Å²) in [4.78, 5) is 27.1. The minimum atomic E-state index is 0.141. The molecule has 6 nitrogen and oxygen atoms in total. The zero-order valence-corrected chi connectivity index (χ0v) is 15.3. The highest BCUT2D eigenvalue weighted by atomic mass is 32.1. The molecule has 2 aromatic heterocycles. The lowest BCUT2D eigenvalue weighted by molar-refractivity contribution is -0.125. The fourth-order valence-electron chi connectivity index (χ4n) is 3.71. The van der Waals surface area contributed by atoms with Crippen LogP contribution in [0.15, 0.2) is 18.3 Å². The summed E-state index contributed by atoms with van der Waals surface area (Å²) < 4.78 is 0. The molecule has 0 aliphatic carbocycles. The van der Waals surface area contributed by atoms with Gasteiger partial charge in [0.15, 0.2) is 5.13 Å². The van der Waals surface area contributed by atoms with Crippen molar-refractivity contribution in [3.63, 3.8) is 0 Å². The van der Waals surface area contributed by atoms with Crippen molar-refractivity contribution < 1.29 is 4.79 Å². The van der Waals surface area contributed by atoms with Crippen molar-refractivity contribution in [3.8, 4) is 0 Å². The molecule has 2 saturated heterocycles. The van der Waals surface area contributed by atoms with Crippen LogP contribution in [0.3, 0.4) is 0 Å². The number of aromatic nitrogens is 2. The summed E-state index contributed by atoms with van der Waals surface area (Å²) in [5, 5.41) is 4.16. The van der Waals surface area contributed by atoms with E-state index in [0.717, 1.165) is 54.5 Å². The number of nitrogens with zero attached hydrogens (tertiary/aromatic N) is 4. The summed E-state index contributed by atoms with van der Waals surface area (Å²) >= 11 is 1.64. The first kappa shape index (κ1) is 16.7. The number of anilines is 1. The molecule has 0 saturated carbocycles. The second-order valence-electron chi connectivity index (χ2n) is 6.93. The number of carbonyl (C=O) groups is 1. The van der Waals surface area contributed by atoms with Gasteiger partial charge in [0.25, 0.3) is 0 Å². The molecule has 2 aliphatic rings. The smallest absolute Gasteiger partial charge is 0.223 e. The van der Waals surface area contributed by atoms with Gasteiger partial charge in [-0.3, -0.25) is 4.79 Å². The number of hydrogen-bond donors (Lipinski definition) is 1. The number of fused-ring (bicyclic) bond motifs is 1. The number of rotatable bonds is 5. The van der Waals surface area contributed by atoms with E-state index in [2.05, 4.69) is 25.1 Å². The molecular formula is C18H25N5OS. The van der Waals surface area contributed by atoms with E-state index < -0.39 is 0 Å². The molecule has 0 atom stereocenters. The van der Waals surface area contributed by atoms with Crippen molar-refractivity contribution in [1.29, 1.82) is 0 Å². The van der Waals surface area contributed by atoms with Crippen LogP contribution in [-0.4, -0.2) is 60.0 Å². The van der Waals surface area contributed by atoms with Gasteiger partial charge in [0.1, 0.15) is 10.3 Å². The Hall–Kier alpha value is -1.73. The van der Waals surface area contributed by atoms with Crippen molar-refractivity contribution >= 4 is 32.7 Å². The van der Waals surface area contributed by atoms with Crippen molar-refractivity contribution in [2.45, 2.75) is 25.7 Å². The number of amides is 1. The molecule has 7 heteroatoms. The molecule has 0 unspecified atom stereocenters. The molecule has 25 heavy (non-hydrogen) atoms. The highest BCUT2D eigenvalue weighted by Crippen LogP contribution is 2.30. The Morgan fingerprint density at radius 1 is 1.24 bits per heavy atom. The van der Waals surface area contributed by atoms with Crippen LogP contribution in [0.2, 0.25) is 0 Å². The van der Waals surface area contributed by atoms with Crippen LogP contribution in [-0.2, 0) is 4.79 Å². The van der Waals surface area contributed by atoms with E-state index in [-0.39, 0.29) is 11.8 Å². The molecule has 2 aromatic rings. The summed E-state index contributed by atoms with van der Waals surface area (Å²) in [5.41, 5.74) is 0.962. The van der Waals surface area contributed by atoms with E-state index in [4.69, 9.17) is 0 Å². The molecule has 2 aliphatic heterocycles. The average molecular weight is 359 g/mol. The minimum absolute atomic E-state index is 0.141. The Morgan fingerprint density at radius 3 is 2.80 bits per heavy atom. The summed E-state index contributed by atoms with van der Waals surface area (Å²) in [6, 6.07) is 3.92. The van der Waals surface area contributed by atoms with Crippen LogP contribution in [0.5, 0.6) is 0 Å². The normalized spacial score (nSPS) is 19.6. The maximum atomic E-state index is 12.4. The van der Waals surface area contributed by atoms with Gasteiger partial charge in [-0.15, -0.1) is 0 Å². The van der Waals surface area contributed by atoms with Gasteiger partial charge in [-0.2, -0.15) is 0 Å². The van der Waals surface area contributed by atoms with Crippen molar-refractivity contribution in [2.24, 2.45) is 5.92 Å². The topological polar surface area (TPSA) is 61.4 Å². The SMILES string of the molecule is O=C(NCCN1CCCC1)C1CCN(c2nc3cccnc3s2)CC1. The first-order valence-electron chi connectivity index (χ1n) is 9.26. The molecule has 1 N–H and O–H groups in total. The van der Waals surface area contributed by atoms with Crippen LogP contribution < -0.4 is 10.2 Å². The molecule has 0 radical (unpaired) electrons. The second-order valence-corrected chi connectivity index (χ2v) is 7.88. The van der Waals surface area contributed by atoms with Crippen LogP contribution >= 0.6 is 11.3 Å². The lowest BCUT2D eigenvalue weighted by Gasteiger charge is -2.31. The molecule has 4 rings (SSSR count). The number of nitrogens with one attached hydrogen (secondary N) is 1. The molecule has 0 aromatic carbocycles. The molecular weight excluding hydrogens is 334 g/mol. The van der Waals surface area contributed by atoms with Gasteiger partial charge >= 0.3 is 0 Å². The summed E-state index contributed by atoms with van der Waals surface area (Å²) in [6.45, 7) is 5.93. The van der Waals surface area contributed by atoms with Gasteiger partial charge in [-0.25, -0.2) is 9.97 Å². The number of carbonyl (C=O) groups excluding carboxylic acids is 1. The zero-order chi connectivity index (χ0) is 17.1. The van der Waals surface area contributed by atoms with Crippen LogP contribution in [0.4, 0.5) is 5.13 Å². The number of likely N-dealkylation sites (tertiary alicyclic amines) is 1. The van der Waals surface area contributed by atoms with Gasteiger partial charge in [0.05, 0.1) is 0 Å². The predicted molar refractivity (Wildman–Crippen MR) is 101 cm³/mol. The first-order valence-corrected chi connectivity index (χ1v) is 10.1. The Balaban J connectivity index is 1.25. The highest BCUT2D eigenvalue weighted by Gasteiger charge is 2.26. The van der Waals surface area contributed by atoms with Crippen molar-refractivity contribution in [2.75, 3.05) is 44.2 Å². The van der Waals surface area contributed by atoms with Gasteiger partial charge < -0.3 is 15.1 Å². The van der Waals surface area contributed by atoms with Crippen LogP contribution in [0.1, 0.15) is 25.7 Å². The van der Waals surface area contributed by atoms with E-state index in [0.29, 0.717) is 0 Å². The molecule has 0 bridgehead atoms. The third-order valence-corrected chi connectivity index (χ3v) is 6.26. The third kappa shape index (κ3) is 3.93. The fourth-order valence-corrected chi connectivity index (χ4v) is 4.67. The monoisotopic (exact) mass is 359 g/mol. The summed E-state index contributed by atoms with van der Waals surface area (Å²) in [7, 11) is 0. The van der Waals surface area contributed by atoms with E-state index in [1.54, 1.807) is 11.3 Å². The molecule has 4 heterocycles. The lowest BCUT2D eigenvalue weighted by atomic mass is 9.96. The van der Waals surface area contributed by atoms with E-state index in [1.807, 2.05) is 18.3 Å². The molecule has 134 valence electrons. The van der Waals surface area contributed by atoms with Gasteiger partial charge in [0.2, 0.25) is 5.91 Å². The Morgan fingerprint density at radius 2 is 2.04 bits per heavy atom. The quantitative estimate of drug-likeness (QED) is 0.886. The van der Waals surface area contributed by atoms with Gasteiger partial charge in [-0.1, -0.05) is 11.3 Å². The Bertz CT molecular complexity index is 686. The average Bonchev–Trinajstić information content (AvgIpc) is 3.31. The third-order valence-electron chi connectivity index (χ3n) is 5.22.